The molecule has 0 radical (unpaired) electrons. The zero-order valence-electron chi connectivity index (χ0n) is 20.9. The van der Waals surface area contributed by atoms with Gasteiger partial charge in [-0.1, -0.05) is 78.9 Å². The third-order valence-corrected chi connectivity index (χ3v) is 10.3. The maximum atomic E-state index is 2.46. The molecular weight excluding hydrogens is 511 g/mol. The van der Waals surface area contributed by atoms with E-state index in [1.807, 2.05) is 22.7 Å². The number of hydrogen-bond donors (Lipinski definition) is 0. The van der Waals surface area contributed by atoms with Crippen molar-refractivity contribution < 1.29 is 0 Å². The first kappa shape index (κ1) is 21.5. The van der Waals surface area contributed by atoms with E-state index in [2.05, 4.69) is 132 Å². The van der Waals surface area contributed by atoms with Crippen molar-refractivity contribution in [3.8, 4) is 16.8 Å². The number of fused-ring (bicyclic) bond motifs is 9. The number of benzene rings is 6. The minimum atomic E-state index is 1.24. The van der Waals surface area contributed by atoms with Gasteiger partial charge in [0.1, 0.15) is 0 Å². The highest BCUT2D eigenvalue weighted by atomic mass is 32.1. The quantitative estimate of drug-likeness (QED) is 0.209. The summed E-state index contributed by atoms with van der Waals surface area (Å²) in [5.74, 6) is 0. The van der Waals surface area contributed by atoms with E-state index >= 15 is 0 Å². The predicted octanol–water partition coefficient (Wildman–Crippen LogP) is 11.2. The number of hydrogen-bond acceptors (Lipinski definition) is 2. The van der Waals surface area contributed by atoms with Crippen molar-refractivity contribution in [3.05, 3.63) is 127 Å². The van der Waals surface area contributed by atoms with Gasteiger partial charge in [-0.05, 0) is 59.7 Å². The van der Waals surface area contributed by atoms with Crippen LogP contribution in [0, 0.1) is 0 Å². The van der Waals surface area contributed by atoms with Gasteiger partial charge in [-0.3, -0.25) is 0 Å². The highest BCUT2D eigenvalue weighted by molar-refractivity contribution is 7.26. The van der Waals surface area contributed by atoms with Gasteiger partial charge in [0.2, 0.25) is 0 Å². The molecule has 182 valence electrons. The molecule has 0 spiro atoms. The van der Waals surface area contributed by atoms with Crippen molar-refractivity contribution in [3.63, 3.8) is 0 Å². The Kier molecular flexibility index (Phi) is 4.43. The number of aromatic nitrogens is 1. The van der Waals surface area contributed by atoms with Crippen LogP contribution in [0.5, 0.6) is 0 Å². The van der Waals surface area contributed by atoms with Crippen LogP contribution in [0.1, 0.15) is 0 Å². The van der Waals surface area contributed by atoms with Gasteiger partial charge in [0.05, 0.1) is 16.7 Å². The highest BCUT2D eigenvalue weighted by Gasteiger charge is 2.17. The molecule has 3 heterocycles. The maximum Gasteiger partial charge on any atom is 0.0555 e. The summed E-state index contributed by atoms with van der Waals surface area (Å²) in [5, 5.41) is 7.94. The minimum absolute atomic E-state index is 1.24. The first-order valence-corrected chi connectivity index (χ1v) is 14.8. The molecule has 0 aliphatic heterocycles. The molecular formula is C36H21NS2. The molecule has 0 unspecified atom stereocenters. The summed E-state index contributed by atoms with van der Waals surface area (Å²) in [7, 11) is 0. The molecule has 6 aromatic carbocycles. The van der Waals surface area contributed by atoms with Gasteiger partial charge >= 0.3 is 0 Å². The first-order chi connectivity index (χ1) is 19.3. The van der Waals surface area contributed by atoms with Crippen molar-refractivity contribution in [2.75, 3.05) is 0 Å². The standard InChI is InChI=1S/C36H21NS2/c1-4-13-28-24(9-1)25-10-2-5-14-29(25)37(28)30-15-8-18-34-36(30)27-21-22(19-20-32(27)39-34)23-12-7-17-33-35(23)26-11-3-6-16-31(26)38-33/h1-21H. The van der Waals surface area contributed by atoms with Crippen molar-refractivity contribution in [2.45, 2.75) is 0 Å². The summed E-state index contributed by atoms with van der Waals surface area (Å²) in [5.41, 5.74) is 6.31. The molecule has 0 atom stereocenters. The second-order valence-electron chi connectivity index (χ2n) is 10.1. The number of nitrogens with zero attached hydrogens (tertiary/aromatic N) is 1. The van der Waals surface area contributed by atoms with Crippen LogP contribution in [0.25, 0.3) is 79.0 Å². The fraction of sp³-hybridized carbons (Fsp3) is 0. The van der Waals surface area contributed by atoms with Crippen molar-refractivity contribution in [1.82, 2.24) is 4.57 Å². The molecule has 0 saturated heterocycles. The Labute approximate surface area is 232 Å². The van der Waals surface area contributed by atoms with Gasteiger partial charge in [-0.25, -0.2) is 0 Å². The lowest BCUT2D eigenvalue weighted by Gasteiger charge is -2.11. The molecule has 3 heteroatoms. The molecule has 9 rings (SSSR count). The average molecular weight is 532 g/mol. The van der Waals surface area contributed by atoms with Crippen LogP contribution < -0.4 is 0 Å². The molecule has 3 aromatic heterocycles. The molecule has 9 aromatic rings. The van der Waals surface area contributed by atoms with Crippen LogP contribution in [0.15, 0.2) is 127 Å². The van der Waals surface area contributed by atoms with E-state index in [9.17, 15) is 0 Å². The van der Waals surface area contributed by atoms with Crippen LogP contribution in [-0.2, 0) is 0 Å². The molecule has 0 aliphatic carbocycles. The molecule has 0 saturated carbocycles. The largest absolute Gasteiger partial charge is 0.309 e. The second-order valence-corrected chi connectivity index (χ2v) is 12.3. The SMILES string of the molecule is c1ccc2c(c1)sc1cccc(-c3ccc4sc5cccc(-n6c7ccccc7c7ccccc76)c5c4c3)c12. The highest BCUT2D eigenvalue weighted by Crippen LogP contribution is 2.44. The second kappa shape index (κ2) is 8.03. The van der Waals surface area contributed by atoms with Gasteiger partial charge in [0.15, 0.2) is 0 Å². The van der Waals surface area contributed by atoms with E-state index in [4.69, 9.17) is 0 Å². The molecule has 0 bridgehead atoms. The fourth-order valence-corrected chi connectivity index (χ4v) is 8.60. The van der Waals surface area contributed by atoms with Crippen molar-refractivity contribution in [1.29, 1.82) is 0 Å². The van der Waals surface area contributed by atoms with Gasteiger partial charge < -0.3 is 4.57 Å². The Morgan fingerprint density at radius 1 is 0.410 bits per heavy atom. The lowest BCUT2D eigenvalue weighted by molar-refractivity contribution is 1.20. The lowest BCUT2D eigenvalue weighted by atomic mass is 9.98. The zero-order valence-corrected chi connectivity index (χ0v) is 22.5. The fourth-order valence-electron chi connectivity index (χ4n) is 6.36. The van der Waals surface area contributed by atoms with Gasteiger partial charge in [-0.15, -0.1) is 22.7 Å². The van der Waals surface area contributed by atoms with E-state index in [0.717, 1.165) is 0 Å². The van der Waals surface area contributed by atoms with Crippen LogP contribution in [-0.4, -0.2) is 4.57 Å². The summed E-state index contributed by atoms with van der Waals surface area (Å²) >= 11 is 3.76. The summed E-state index contributed by atoms with van der Waals surface area (Å²) in [6, 6.07) is 46.9. The van der Waals surface area contributed by atoms with Crippen molar-refractivity contribution >= 4 is 84.8 Å². The molecule has 0 N–H and O–H groups in total. The topological polar surface area (TPSA) is 4.93 Å². The van der Waals surface area contributed by atoms with Crippen LogP contribution in [0.3, 0.4) is 0 Å². The van der Waals surface area contributed by atoms with Gasteiger partial charge in [-0.2, -0.15) is 0 Å². The number of thiophene rings is 2. The predicted molar refractivity (Wildman–Crippen MR) is 172 cm³/mol. The molecule has 0 aliphatic rings. The third kappa shape index (κ3) is 3.00. The van der Waals surface area contributed by atoms with Crippen LogP contribution >= 0.6 is 22.7 Å². The minimum Gasteiger partial charge on any atom is -0.309 e. The summed E-state index contributed by atoms with van der Waals surface area (Å²) in [4.78, 5) is 0. The first-order valence-electron chi connectivity index (χ1n) is 13.2. The van der Waals surface area contributed by atoms with Crippen LogP contribution in [0.4, 0.5) is 0 Å². The van der Waals surface area contributed by atoms with E-state index < -0.39 is 0 Å². The Bertz CT molecular complexity index is 2350. The molecule has 1 nitrogen and oxygen atoms in total. The number of para-hydroxylation sites is 2. The summed E-state index contributed by atoms with van der Waals surface area (Å²) in [6.45, 7) is 0. The molecule has 0 fully saturated rings. The Hall–Kier alpha value is -4.44. The molecule has 39 heavy (non-hydrogen) atoms. The van der Waals surface area contributed by atoms with Gasteiger partial charge in [0, 0.05) is 51.1 Å². The average Bonchev–Trinajstić information content (AvgIpc) is 3.66. The van der Waals surface area contributed by atoms with E-state index in [1.165, 1.54) is 79.0 Å². The zero-order chi connectivity index (χ0) is 25.5. The summed E-state index contributed by atoms with van der Waals surface area (Å²) in [6.07, 6.45) is 0. The van der Waals surface area contributed by atoms with Crippen LogP contribution in [0.2, 0.25) is 0 Å². The normalized spacial score (nSPS) is 12.1. The third-order valence-electron chi connectivity index (χ3n) is 8.01. The van der Waals surface area contributed by atoms with Gasteiger partial charge in [0.25, 0.3) is 0 Å². The van der Waals surface area contributed by atoms with E-state index in [0.29, 0.717) is 0 Å². The Balaban J connectivity index is 1.38. The maximum absolute atomic E-state index is 2.46. The van der Waals surface area contributed by atoms with E-state index in [1.54, 1.807) is 0 Å². The Morgan fingerprint density at radius 2 is 1.00 bits per heavy atom. The Morgan fingerprint density at radius 3 is 1.77 bits per heavy atom. The monoisotopic (exact) mass is 531 g/mol. The van der Waals surface area contributed by atoms with Crippen molar-refractivity contribution in [2.24, 2.45) is 0 Å². The lowest BCUT2D eigenvalue weighted by Crippen LogP contribution is -1.94. The summed E-state index contributed by atoms with van der Waals surface area (Å²) < 4.78 is 7.79. The van der Waals surface area contributed by atoms with E-state index in [-0.39, 0.29) is 0 Å². The number of rotatable bonds is 2. The molecule has 0 amide bonds. The smallest absolute Gasteiger partial charge is 0.0555 e.